The fourth-order valence-electron chi connectivity index (χ4n) is 1.43. The molecule has 0 bridgehead atoms. The number of hydrogen-bond donors (Lipinski definition) is 2. The van der Waals surface area contributed by atoms with E-state index in [0.717, 1.165) is 23.8 Å². The Morgan fingerprint density at radius 1 is 1.50 bits per heavy atom. The van der Waals surface area contributed by atoms with Crippen LogP contribution in [0, 0.1) is 6.92 Å². The quantitative estimate of drug-likeness (QED) is 0.881. The molecule has 0 aliphatic heterocycles. The number of rotatable bonds is 4. The van der Waals surface area contributed by atoms with E-state index in [2.05, 4.69) is 25.0 Å². The largest absolute Gasteiger partial charge is 0.385 e. The predicted molar refractivity (Wildman–Crippen MR) is 71.0 cm³/mol. The number of aromatic nitrogens is 3. The molecule has 0 spiro atoms. The van der Waals surface area contributed by atoms with Crippen molar-refractivity contribution >= 4 is 28.3 Å². The van der Waals surface area contributed by atoms with Crippen molar-refractivity contribution in [3.8, 4) is 0 Å². The van der Waals surface area contributed by atoms with Gasteiger partial charge in [0.1, 0.15) is 5.82 Å². The van der Waals surface area contributed by atoms with E-state index in [4.69, 9.17) is 0 Å². The predicted octanol–water partition coefficient (Wildman–Crippen LogP) is 1.93. The third-order valence-electron chi connectivity index (χ3n) is 2.18. The average molecular weight is 263 g/mol. The molecule has 2 aromatic heterocycles. The average Bonchev–Trinajstić information content (AvgIpc) is 2.76. The lowest BCUT2D eigenvalue weighted by atomic mass is 10.2. The van der Waals surface area contributed by atoms with Gasteiger partial charge in [-0.2, -0.15) is 4.37 Å². The number of nitrogens with one attached hydrogen (secondary N) is 2. The minimum absolute atomic E-state index is 0.241. The van der Waals surface area contributed by atoms with Crippen LogP contribution in [0.2, 0.25) is 0 Å². The number of amides is 1. The van der Waals surface area contributed by atoms with Crippen molar-refractivity contribution in [2.24, 2.45) is 0 Å². The molecule has 0 aliphatic carbocycles. The Morgan fingerprint density at radius 2 is 2.33 bits per heavy atom. The number of anilines is 2. The Hall–Kier alpha value is -2.02. The van der Waals surface area contributed by atoms with Gasteiger partial charge in [-0.1, -0.05) is 0 Å². The Balaban J connectivity index is 2.18. The van der Waals surface area contributed by atoms with E-state index >= 15 is 0 Å². The maximum atomic E-state index is 12.1. The first-order valence-electron chi connectivity index (χ1n) is 5.50. The van der Waals surface area contributed by atoms with E-state index in [-0.39, 0.29) is 5.91 Å². The zero-order chi connectivity index (χ0) is 13.0. The van der Waals surface area contributed by atoms with Gasteiger partial charge in [0.25, 0.3) is 5.91 Å². The second-order valence-corrected chi connectivity index (χ2v) is 4.30. The van der Waals surface area contributed by atoms with Crippen molar-refractivity contribution in [2.45, 2.75) is 13.8 Å². The van der Waals surface area contributed by atoms with E-state index < -0.39 is 0 Å². The van der Waals surface area contributed by atoms with Gasteiger partial charge in [0.15, 0.2) is 0 Å². The molecule has 0 atom stereocenters. The molecule has 0 aromatic carbocycles. The molecule has 18 heavy (non-hydrogen) atoms. The zero-order valence-electron chi connectivity index (χ0n) is 10.1. The van der Waals surface area contributed by atoms with Crippen LogP contribution >= 0.6 is 11.5 Å². The molecule has 2 rings (SSSR count). The van der Waals surface area contributed by atoms with Gasteiger partial charge in [-0.05, 0) is 19.9 Å². The molecule has 6 nitrogen and oxygen atoms in total. The Kier molecular flexibility index (Phi) is 3.83. The van der Waals surface area contributed by atoms with Crippen LogP contribution in [-0.2, 0) is 0 Å². The van der Waals surface area contributed by atoms with Crippen molar-refractivity contribution in [1.82, 2.24) is 14.3 Å². The number of nitrogens with zero attached hydrogens (tertiary/aromatic N) is 3. The van der Waals surface area contributed by atoms with Crippen LogP contribution in [0.15, 0.2) is 18.5 Å². The van der Waals surface area contributed by atoms with Gasteiger partial charge in [0.05, 0.1) is 11.3 Å². The molecule has 0 radical (unpaired) electrons. The van der Waals surface area contributed by atoms with E-state index in [1.165, 1.54) is 6.20 Å². The minimum atomic E-state index is -0.241. The van der Waals surface area contributed by atoms with Gasteiger partial charge in [-0.15, -0.1) is 0 Å². The molecule has 94 valence electrons. The van der Waals surface area contributed by atoms with Gasteiger partial charge >= 0.3 is 0 Å². The van der Waals surface area contributed by atoms with Crippen LogP contribution in [-0.4, -0.2) is 26.8 Å². The molecular weight excluding hydrogens is 250 g/mol. The van der Waals surface area contributed by atoms with Crippen LogP contribution in [0.1, 0.15) is 23.1 Å². The van der Waals surface area contributed by atoms with Crippen LogP contribution in [0.25, 0.3) is 0 Å². The molecule has 0 unspecified atom stereocenters. The van der Waals surface area contributed by atoms with Crippen LogP contribution in [0.3, 0.4) is 0 Å². The molecule has 0 fully saturated rings. The SMILES string of the molecule is CCNc1ccncc1C(=O)Nc1nc(C)ns1. The molecule has 0 saturated carbocycles. The fraction of sp³-hybridized carbons (Fsp3) is 0.273. The minimum Gasteiger partial charge on any atom is -0.385 e. The highest BCUT2D eigenvalue weighted by Crippen LogP contribution is 2.17. The lowest BCUT2D eigenvalue weighted by molar-refractivity contribution is 0.102. The van der Waals surface area contributed by atoms with Crippen molar-refractivity contribution in [3.05, 3.63) is 29.8 Å². The monoisotopic (exact) mass is 263 g/mol. The smallest absolute Gasteiger partial charge is 0.261 e. The Morgan fingerprint density at radius 3 is 3.00 bits per heavy atom. The number of carbonyl (C=O) groups is 1. The van der Waals surface area contributed by atoms with Gasteiger partial charge < -0.3 is 5.32 Å². The lowest BCUT2D eigenvalue weighted by Gasteiger charge is -2.08. The normalized spacial score (nSPS) is 10.1. The second-order valence-electron chi connectivity index (χ2n) is 3.55. The molecule has 0 aliphatic rings. The highest BCUT2D eigenvalue weighted by atomic mass is 32.1. The summed E-state index contributed by atoms with van der Waals surface area (Å²) in [7, 11) is 0. The highest BCUT2D eigenvalue weighted by Gasteiger charge is 2.13. The summed E-state index contributed by atoms with van der Waals surface area (Å²) in [4.78, 5) is 20.1. The standard InChI is InChI=1S/C11H13N5OS/c1-3-13-9-4-5-12-6-8(9)10(17)15-11-14-7(2)16-18-11/h4-6H,3H2,1-2H3,(H,12,13)(H,14,15,16,17). The van der Waals surface area contributed by atoms with Crippen molar-refractivity contribution in [3.63, 3.8) is 0 Å². The molecule has 7 heteroatoms. The first-order valence-corrected chi connectivity index (χ1v) is 6.27. The summed E-state index contributed by atoms with van der Waals surface area (Å²) in [6.07, 6.45) is 3.17. The molecule has 0 saturated heterocycles. The summed E-state index contributed by atoms with van der Waals surface area (Å²) in [5.41, 5.74) is 1.25. The maximum Gasteiger partial charge on any atom is 0.261 e. The number of carbonyl (C=O) groups excluding carboxylic acids is 1. The summed E-state index contributed by atoms with van der Waals surface area (Å²) in [5.74, 6) is 0.406. The van der Waals surface area contributed by atoms with Crippen LogP contribution < -0.4 is 10.6 Å². The molecular formula is C11H13N5OS. The summed E-state index contributed by atoms with van der Waals surface area (Å²) in [5, 5.41) is 6.31. The van der Waals surface area contributed by atoms with Crippen LogP contribution in [0.5, 0.6) is 0 Å². The molecule has 2 heterocycles. The summed E-state index contributed by atoms with van der Waals surface area (Å²) < 4.78 is 4.01. The van der Waals surface area contributed by atoms with Crippen LogP contribution in [0.4, 0.5) is 10.8 Å². The number of hydrogen-bond acceptors (Lipinski definition) is 6. The first-order chi connectivity index (χ1) is 8.70. The number of pyridine rings is 1. The maximum absolute atomic E-state index is 12.1. The second kappa shape index (κ2) is 5.54. The Bertz CT molecular complexity index is 554. The highest BCUT2D eigenvalue weighted by molar-refractivity contribution is 7.09. The van der Waals surface area contributed by atoms with Gasteiger partial charge in [-0.3, -0.25) is 15.1 Å². The van der Waals surface area contributed by atoms with E-state index in [9.17, 15) is 4.79 Å². The van der Waals surface area contributed by atoms with Crippen molar-refractivity contribution in [2.75, 3.05) is 17.2 Å². The van der Waals surface area contributed by atoms with Gasteiger partial charge in [0.2, 0.25) is 5.13 Å². The van der Waals surface area contributed by atoms with Gasteiger partial charge in [0, 0.05) is 30.5 Å². The Labute approximate surface area is 109 Å². The lowest BCUT2D eigenvalue weighted by Crippen LogP contribution is -2.15. The summed E-state index contributed by atoms with van der Waals surface area (Å²) >= 11 is 1.16. The van der Waals surface area contributed by atoms with E-state index in [1.54, 1.807) is 19.2 Å². The fourth-order valence-corrected chi connectivity index (χ4v) is 2.00. The third-order valence-corrected chi connectivity index (χ3v) is 2.90. The van der Waals surface area contributed by atoms with Crippen molar-refractivity contribution in [1.29, 1.82) is 0 Å². The topological polar surface area (TPSA) is 79.8 Å². The molecule has 2 N–H and O–H groups in total. The van der Waals surface area contributed by atoms with Gasteiger partial charge in [-0.25, -0.2) is 4.98 Å². The zero-order valence-corrected chi connectivity index (χ0v) is 10.9. The van der Waals surface area contributed by atoms with Crippen molar-refractivity contribution < 1.29 is 4.79 Å². The van der Waals surface area contributed by atoms with E-state index in [0.29, 0.717) is 16.5 Å². The summed E-state index contributed by atoms with van der Waals surface area (Å²) in [6, 6.07) is 1.77. The molecule has 2 aromatic rings. The molecule has 1 amide bonds. The van der Waals surface area contributed by atoms with E-state index in [1.807, 2.05) is 6.92 Å². The first kappa shape index (κ1) is 12.4. The number of aryl methyl sites for hydroxylation is 1. The summed E-state index contributed by atoms with van der Waals surface area (Å²) in [6.45, 7) is 4.48. The third kappa shape index (κ3) is 2.80.